The predicted molar refractivity (Wildman–Crippen MR) is 138 cm³/mol. The molecule has 0 amide bonds. The van der Waals surface area contributed by atoms with Crippen molar-refractivity contribution in [1.82, 2.24) is 29.3 Å². The molecular formula is C20H22ClF2IN7OP. The fourth-order valence-corrected chi connectivity index (χ4v) is 5.46. The van der Waals surface area contributed by atoms with E-state index in [0.717, 1.165) is 17.0 Å². The topological polar surface area (TPSA) is 82.7 Å². The molecule has 0 radical (unpaired) electrons. The number of imidazole rings is 1. The van der Waals surface area contributed by atoms with Crippen LogP contribution in [-0.4, -0.2) is 36.4 Å². The molecule has 33 heavy (non-hydrogen) atoms. The summed E-state index contributed by atoms with van der Waals surface area (Å²) in [6.45, 7) is 5.86. The number of nitrogens with zero attached hydrogens (tertiary/aromatic N) is 6. The Hall–Kier alpha value is -2.11. The molecule has 0 saturated carbocycles. The quantitative estimate of drug-likeness (QED) is 0.149. The Morgan fingerprint density at radius 2 is 1.94 bits per heavy atom. The first kappa shape index (κ1) is 25.5. The molecule has 1 N–H and O–H groups in total. The average molecular weight is 608 g/mol. The van der Waals surface area contributed by atoms with Crippen molar-refractivity contribution < 1.29 is 13.5 Å². The van der Waals surface area contributed by atoms with Crippen molar-refractivity contribution in [1.29, 1.82) is 0 Å². The van der Waals surface area contributed by atoms with E-state index < -0.39 is 6.43 Å². The van der Waals surface area contributed by atoms with Gasteiger partial charge in [-0.1, -0.05) is 36.7 Å². The molecule has 3 heterocycles. The number of alkyl halides is 2. The molecule has 0 saturated heterocycles. The van der Waals surface area contributed by atoms with E-state index in [1.54, 1.807) is 24.9 Å². The monoisotopic (exact) mass is 607 g/mol. The number of benzene rings is 1. The molecule has 13 heteroatoms. The minimum absolute atomic E-state index is 0.00805. The molecule has 4 aromatic rings. The zero-order valence-corrected chi connectivity index (χ0v) is 22.4. The van der Waals surface area contributed by atoms with Crippen molar-refractivity contribution in [2.24, 2.45) is 7.05 Å². The van der Waals surface area contributed by atoms with Crippen molar-refractivity contribution in [3.05, 3.63) is 40.9 Å². The number of hydrogen-bond acceptors (Lipinski definition) is 6. The van der Waals surface area contributed by atoms with Crippen molar-refractivity contribution in [3.63, 3.8) is 0 Å². The molecular weight excluding hydrogens is 586 g/mol. The van der Waals surface area contributed by atoms with E-state index in [1.807, 2.05) is 61.0 Å². The third-order valence-corrected chi connectivity index (χ3v) is 6.88. The smallest absolute Gasteiger partial charge is 0.295 e. The summed E-state index contributed by atoms with van der Waals surface area (Å²) in [5.41, 5.74) is 3.97. The van der Waals surface area contributed by atoms with Gasteiger partial charge in [0.15, 0.2) is 17.2 Å². The molecule has 0 bridgehead atoms. The van der Waals surface area contributed by atoms with E-state index in [0.29, 0.717) is 28.3 Å². The van der Waals surface area contributed by atoms with Gasteiger partial charge >= 0.3 is 0 Å². The van der Waals surface area contributed by atoms with E-state index in [9.17, 15) is 8.78 Å². The first-order chi connectivity index (χ1) is 15.8. The van der Waals surface area contributed by atoms with Gasteiger partial charge in [-0.15, -0.1) is 5.10 Å². The number of ether oxygens (including phenoxy) is 1. The van der Waals surface area contributed by atoms with Gasteiger partial charge in [-0.25, -0.2) is 23.4 Å². The molecule has 1 aromatic carbocycles. The highest BCUT2D eigenvalue weighted by molar-refractivity contribution is 14.2. The lowest BCUT2D eigenvalue weighted by atomic mass is 10.1. The van der Waals surface area contributed by atoms with Gasteiger partial charge in [-0.2, -0.15) is 0 Å². The highest BCUT2D eigenvalue weighted by atomic mass is 127. The summed E-state index contributed by atoms with van der Waals surface area (Å²) >= 11 is 8.22. The molecule has 1 unspecified atom stereocenters. The summed E-state index contributed by atoms with van der Waals surface area (Å²) in [6, 6.07) is 7.11. The zero-order chi connectivity index (χ0) is 24.3. The maximum atomic E-state index is 13.5. The molecule has 0 aliphatic heterocycles. The number of para-hydroxylation sites is 1. The summed E-state index contributed by atoms with van der Waals surface area (Å²) in [7, 11) is 3.35. The first-order valence-corrected chi connectivity index (χ1v) is 14.3. The van der Waals surface area contributed by atoms with Gasteiger partial charge in [0.25, 0.3) is 6.43 Å². The van der Waals surface area contributed by atoms with Gasteiger partial charge in [0, 0.05) is 18.7 Å². The van der Waals surface area contributed by atoms with E-state index >= 15 is 0 Å². The van der Waals surface area contributed by atoms with Gasteiger partial charge < -0.3 is 10.1 Å². The van der Waals surface area contributed by atoms with Crippen LogP contribution in [0.15, 0.2) is 24.3 Å². The van der Waals surface area contributed by atoms with E-state index in [2.05, 4.69) is 25.6 Å². The highest BCUT2D eigenvalue weighted by Gasteiger charge is 2.23. The van der Waals surface area contributed by atoms with Crippen LogP contribution in [0.25, 0.3) is 22.4 Å². The van der Waals surface area contributed by atoms with Gasteiger partial charge in [-0.05, 0) is 41.1 Å². The highest BCUT2D eigenvalue weighted by Crippen LogP contribution is 2.41. The number of anilines is 2. The van der Waals surface area contributed by atoms with Crippen LogP contribution in [0.1, 0.15) is 31.8 Å². The number of aryl methyl sites for hydroxylation is 2. The Balaban J connectivity index is 0.00000149. The normalized spacial score (nSPS) is 11.3. The minimum atomic E-state index is -2.73. The second-order valence-electron chi connectivity index (χ2n) is 6.51. The number of nitrogens with one attached hydrogen (secondary N) is 1. The third-order valence-electron chi connectivity index (χ3n) is 4.63. The number of halogens is 4. The van der Waals surface area contributed by atoms with Crippen molar-refractivity contribution in [2.75, 3.05) is 12.4 Å². The first-order valence-electron chi connectivity index (χ1n) is 9.90. The fraction of sp³-hybridized carbons (Fsp3) is 0.300. The molecule has 0 fully saturated rings. The molecule has 4 rings (SSSR count). The van der Waals surface area contributed by atoms with Gasteiger partial charge in [0.05, 0.1) is 36.2 Å². The van der Waals surface area contributed by atoms with Crippen LogP contribution >= 0.6 is 40.0 Å². The SMILES string of the molecule is CC.COc1c(Nc2cc(Cl)nc3c2nc(C(F)F)n3PI)cccc1-c1c(C)nnn1C. The van der Waals surface area contributed by atoms with Crippen LogP contribution in [0.5, 0.6) is 5.75 Å². The van der Waals surface area contributed by atoms with Gasteiger partial charge in [-0.3, -0.25) is 4.34 Å². The van der Waals surface area contributed by atoms with Crippen LogP contribution < -0.4 is 10.1 Å². The third kappa shape index (κ3) is 4.90. The molecule has 3 aromatic heterocycles. The molecule has 8 nitrogen and oxygen atoms in total. The second-order valence-corrected chi connectivity index (χ2v) is 8.96. The summed E-state index contributed by atoms with van der Waals surface area (Å²) in [6.07, 6.45) is -2.74. The number of aromatic nitrogens is 6. The zero-order valence-electron chi connectivity index (χ0n) is 18.5. The Morgan fingerprint density at radius 3 is 2.52 bits per heavy atom. The van der Waals surface area contributed by atoms with E-state index in [-0.39, 0.29) is 17.4 Å². The number of pyridine rings is 1. The van der Waals surface area contributed by atoms with Crippen LogP contribution in [0.3, 0.4) is 0 Å². The number of methoxy groups -OCH3 is 1. The maximum absolute atomic E-state index is 13.5. The molecule has 0 spiro atoms. The fourth-order valence-electron chi connectivity index (χ4n) is 3.38. The van der Waals surface area contributed by atoms with Crippen molar-refractivity contribution in [2.45, 2.75) is 27.2 Å². The summed E-state index contributed by atoms with van der Waals surface area (Å²) < 4.78 is 35.8. The van der Waals surface area contributed by atoms with E-state index in [1.165, 1.54) is 4.34 Å². The number of rotatable bonds is 6. The standard InChI is InChI=1S/C18H16ClF2IN7OP.C2H6/c1-8-14(28(2)27-26-8)9-5-4-6-10(15(9)30-3)23-11-7-12(19)24-17-13(11)25-18(16(20)21)29(17)31-22;1-2/h4-7,16,31H,1-3H3,(H,23,24);1-2H3. The Bertz CT molecular complexity index is 1260. The van der Waals surface area contributed by atoms with Crippen LogP contribution in [0.4, 0.5) is 20.2 Å². The van der Waals surface area contributed by atoms with E-state index in [4.69, 9.17) is 16.3 Å². The molecule has 0 aliphatic carbocycles. The lowest BCUT2D eigenvalue weighted by Gasteiger charge is -2.16. The molecule has 1 atom stereocenters. The molecule has 0 aliphatic rings. The number of fused-ring (bicyclic) bond motifs is 1. The largest absolute Gasteiger partial charge is 0.494 e. The lowest BCUT2D eigenvalue weighted by Crippen LogP contribution is -2.01. The number of hydrogen-bond donors (Lipinski definition) is 1. The Morgan fingerprint density at radius 1 is 1.21 bits per heavy atom. The van der Waals surface area contributed by atoms with Gasteiger partial charge in [0.2, 0.25) is 0 Å². The van der Waals surface area contributed by atoms with Crippen molar-refractivity contribution in [3.8, 4) is 17.0 Å². The Labute approximate surface area is 209 Å². The second kappa shape index (κ2) is 10.9. The van der Waals surface area contributed by atoms with Crippen LogP contribution in [-0.2, 0) is 7.05 Å². The van der Waals surface area contributed by atoms with Crippen molar-refractivity contribution >= 4 is 62.6 Å². The average Bonchev–Trinajstić information content (AvgIpc) is 3.34. The van der Waals surface area contributed by atoms with Gasteiger partial charge in [0.1, 0.15) is 10.7 Å². The summed E-state index contributed by atoms with van der Waals surface area (Å²) in [5, 5.41) is 11.5. The molecule has 176 valence electrons. The Kier molecular flexibility index (Phi) is 8.41. The van der Waals surface area contributed by atoms with Crippen LogP contribution in [0, 0.1) is 6.92 Å². The predicted octanol–water partition coefficient (Wildman–Crippen LogP) is 6.70. The van der Waals surface area contributed by atoms with Crippen LogP contribution in [0.2, 0.25) is 5.15 Å². The summed E-state index contributed by atoms with van der Waals surface area (Å²) in [4.78, 5) is 8.36. The lowest BCUT2D eigenvalue weighted by molar-refractivity contribution is 0.140. The maximum Gasteiger partial charge on any atom is 0.295 e. The minimum Gasteiger partial charge on any atom is -0.494 e. The summed E-state index contributed by atoms with van der Waals surface area (Å²) in [5.74, 6) is 0.194.